The average Bonchev–Trinajstić information content (AvgIpc) is 2.92. The molecule has 2 N–H and O–H groups in total. The van der Waals surface area contributed by atoms with Crippen molar-refractivity contribution >= 4 is 38.3 Å². The van der Waals surface area contributed by atoms with Crippen LogP contribution >= 0.6 is 11.6 Å². The summed E-state index contributed by atoms with van der Waals surface area (Å²) in [6, 6.07) is 7.21. The van der Waals surface area contributed by atoms with Gasteiger partial charge in [-0.3, -0.25) is 4.72 Å². The van der Waals surface area contributed by atoms with Gasteiger partial charge in [0, 0.05) is 22.5 Å². The summed E-state index contributed by atoms with van der Waals surface area (Å²) >= 11 is 5.68. The third-order valence-corrected chi connectivity index (χ3v) is 5.68. The lowest BCUT2D eigenvalue weighted by atomic mass is 10.0. The maximum absolute atomic E-state index is 13.9. The number of rotatable bonds is 4. The van der Waals surface area contributed by atoms with Crippen LogP contribution in [-0.4, -0.2) is 31.6 Å². The molecule has 4 rings (SSSR count). The zero-order chi connectivity index (χ0) is 17.6. The number of nitrogens with zero attached hydrogens (tertiary/aromatic N) is 1. The fourth-order valence-electron chi connectivity index (χ4n) is 2.62. The van der Waals surface area contributed by atoms with E-state index in [0.717, 1.165) is 11.8 Å². The predicted octanol–water partition coefficient (Wildman–Crippen LogP) is 3.27. The molecule has 0 aliphatic carbocycles. The van der Waals surface area contributed by atoms with Crippen LogP contribution in [0.2, 0.25) is 5.02 Å². The number of fused-ring (bicyclic) bond motifs is 1. The molecule has 0 atom stereocenters. The molecule has 25 heavy (non-hydrogen) atoms. The lowest BCUT2D eigenvalue weighted by Gasteiger charge is -2.25. The Morgan fingerprint density at radius 3 is 2.76 bits per heavy atom. The molecule has 6 nitrogen and oxygen atoms in total. The maximum atomic E-state index is 13.9. The normalized spacial score (nSPS) is 15.3. The van der Waals surface area contributed by atoms with E-state index in [1.54, 1.807) is 12.1 Å². The van der Waals surface area contributed by atoms with Crippen LogP contribution in [0.25, 0.3) is 11.0 Å². The van der Waals surface area contributed by atoms with Crippen molar-refractivity contribution in [2.45, 2.75) is 10.8 Å². The second kappa shape index (κ2) is 5.98. The summed E-state index contributed by atoms with van der Waals surface area (Å²) in [6.07, 6.45) is 1.34. The number of H-pyrrole nitrogens is 1. The average molecular weight is 382 g/mol. The van der Waals surface area contributed by atoms with Gasteiger partial charge >= 0.3 is 0 Å². The molecule has 3 aromatic rings. The zero-order valence-corrected chi connectivity index (χ0v) is 14.4. The molecule has 0 spiro atoms. The summed E-state index contributed by atoms with van der Waals surface area (Å²) in [7, 11) is -3.99. The Balaban J connectivity index is 1.70. The Hall–Kier alpha value is -2.16. The summed E-state index contributed by atoms with van der Waals surface area (Å²) in [5.74, 6) is -0.518. The first kappa shape index (κ1) is 16.3. The van der Waals surface area contributed by atoms with E-state index >= 15 is 0 Å². The minimum atomic E-state index is -3.99. The molecule has 0 radical (unpaired) electrons. The van der Waals surface area contributed by atoms with Crippen molar-refractivity contribution in [1.29, 1.82) is 0 Å². The van der Waals surface area contributed by atoms with Gasteiger partial charge < -0.3 is 9.72 Å². The van der Waals surface area contributed by atoms with Crippen LogP contribution < -0.4 is 4.72 Å². The Kier molecular flexibility index (Phi) is 3.90. The minimum absolute atomic E-state index is 0.000703. The first-order chi connectivity index (χ1) is 11.9. The van der Waals surface area contributed by atoms with E-state index in [4.69, 9.17) is 16.3 Å². The molecule has 0 amide bonds. The largest absolute Gasteiger partial charge is 0.380 e. The summed E-state index contributed by atoms with van der Waals surface area (Å²) in [5, 5.41) is 0.620. The van der Waals surface area contributed by atoms with Gasteiger partial charge in [-0.25, -0.2) is 17.8 Å². The van der Waals surface area contributed by atoms with Gasteiger partial charge in [-0.1, -0.05) is 11.6 Å². The molecule has 1 aliphatic heterocycles. The van der Waals surface area contributed by atoms with Gasteiger partial charge in [0.25, 0.3) is 10.0 Å². The second-order valence-electron chi connectivity index (χ2n) is 5.75. The van der Waals surface area contributed by atoms with Gasteiger partial charge in [-0.05, 0) is 30.3 Å². The molecule has 1 fully saturated rings. The van der Waals surface area contributed by atoms with E-state index in [9.17, 15) is 12.8 Å². The van der Waals surface area contributed by atoms with Crippen LogP contribution in [0.1, 0.15) is 11.6 Å². The monoisotopic (exact) mass is 381 g/mol. The van der Waals surface area contributed by atoms with Gasteiger partial charge in [-0.15, -0.1) is 0 Å². The Labute approximate surface area is 148 Å². The summed E-state index contributed by atoms with van der Waals surface area (Å²) in [6.45, 7) is 1.23. The van der Waals surface area contributed by atoms with Gasteiger partial charge in [0.1, 0.15) is 16.4 Å². The molecule has 0 unspecified atom stereocenters. The number of sulfonamides is 1. The Bertz CT molecular complexity index is 1060. The topological polar surface area (TPSA) is 84.1 Å². The van der Waals surface area contributed by atoms with Gasteiger partial charge in [0.15, 0.2) is 0 Å². The van der Waals surface area contributed by atoms with Gasteiger partial charge in [-0.2, -0.15) is 0 Å². The molecular weight excluding hydrogens is 369 g/mol. The molecule has 1 saturated heterocycles. The highest BCUT2D eigenvalue weighted by atomic mass is 35.5. The van der Waals surface area contributed by atoms with Crippen LogP contribution in [-0.2, 0) is 14.8 Å². The Morgan fingerprint density at radius 2 is 2.08 bits per heavy atom. The van der Waals surface area contributed by atoms with E-state index in [-0.39, 0.29) is 21.5 Å². The number of nitrogens with one attached hydrogen (secondary N) is 2. The molecule has 0 bridgehead atoms. The zero-order valence-electron chi connectivity index (χ0n) is 12.8. The smallest absolute Gasteiger partial charge is 0.264 e. The van der Waals surface area contributed by atoms with Crippen molar-refractivity contribution in [3.05, 3.63) is 53.1 Å². The van der Waals surface area contributed by atoms with Crippen LogP contribution in [0, 0.1) is 5.82 Å². The number of aromatic nitrogens is 2. The van der Waals surface area contributed by atoms with Crippen molar-refractivity contribution in [3.63, 3.8) is 0 Å². The molecular formula is C16H13ClFN3O3S. The van der Waals surface area contributed by atoms with E-state index in [2.05, 4.69) is 14.7 Å². The molecule has 3 heterocycles. The number of halogens is 2. The number of hydrogen-bond donors (Lipinski definition) is 2. The SMILES string of the molecule is O=S(=O)(Nc1ccc(Cl)cc1F)c1c[nH]c2nc(C3COC3)ccc12. The van der Waals surface area contributed by atoms with E-state index in [1.807, 2.05) is 0 Å². The number of ether oxygens (including phenoxy) is 1. The fourth-order valence-corrected chi connectivity index (χ4v) is 4.02. The van der Waals surface area contributed by atoms with E-state index in [0.29, 0.717) is 24.2 Å². The highest BCUT2D eigenvalue weighted by molar-refractivity contribution is 7.93. The van der Waals surface area contributed by atoms with Crippen LogP contribution in [0.15, 0.2) is 41.4 Å². The molecule has 1 aliphatic rings. The first-order valence-corrected chi connectivity index (χ1v) is 9.34. The van der Waals surface area contributed by atoms with Crippen molar-refractivity contribution in [3.8, 4) is 0 Å². The van der Waals surface area contributed by atoms with E-state index in [1.165, 1.54) is 18.3 Å². The molecule has 1 aromatic carbocycles. The summed E-state index contributed by atoms with van der Waals surface area (Å²) in [4.78, 5) is 7.31. The minimum Gasteiger partial charge on any atom is -0.380 e. The second-order valence-corrected chi connectivity index (χ2v) is 7.84. The standard InChI is InChI=1S/C16H13ClFN3O3S/c17-10-1-3-14(12(18)5-10)21-25(22,23)15-6-19-16-11(15)2-4-13(20-16)9-7-24-8-9/h1-6,9,21H,7-8H2,(H,19,20). The lowest BCUT2D eigenvalue weighted by Crippen LogP contribution is -2.25. The van der Waals surface area contributed by atoms with Crippen molar-refractivity contribution in [2.24, 2.45) is 0 Å². The molecule has 0 saturated carbocycles. The highest BCUT2D eigenvalue weighted by Crippen LogP contribution is 2.29. The van der Waals surface area contributed by atoms with Crippen molar-refractivity contribution in [1.82, 2.24) is 9.97 Å². The van der Waals surface area contributed by atoms with E-state index < -0.39 is 15.8 Å². The van der Waals surface area contributed by atoms with Crippen LogP contribution in [0.3, 0.4) is 0 Å². The number of anilines is 1. The molecule has 9 heteroatoms. The van der Waals surface area contributed by atoms with Gasteiger partial charge in [0.2, 0.25) is 0 Å². The Morgan fingerprint density at radius 1 is 1.28 bits per heavy atom. The number of hydrogen-bond acceptors (Lipinski definition) is 4. The first-order valence-electron chi connectivity index (χ1n) is 7.48. The number of aromatic amines is 1. The summed E-state index contributed by atoms with van der Waals surface area (Å²) in [5.41, 5.74) is 1.14. The molecule has 2 aromatic heterocycles. The highest BCUT2D eigenvalue weighted by Gasteiger charge is 2.25. The maximum Gasteiger partial charge on any atom is 0.264 e. The fraction of sp³-hybridized carbons (Fsp3) is 0.188. The lowest BCUT2D eigenvalue weighted by molar-refractivity contribution is 0.00683. The van der Waals surface area contributed by atoms with Crippen LogP contribution in [0.4, 0.5) is 10.1 Å². The molecule has 130 valence electrons. The number of pyridine rings is 1. The van der Waals surface area contributed by atoms with Crippen molar-refractivity contribution in [2.75, 3.05) is 17.9 Å². The van der Waals surface area contributed by atoms with Gasteiger partial charge in [0.05, 0.1) is 24.6 Å². The van der Waals surface area contributed by atoms with Crippen molar-refractivity contribution < 1.29 is 17.5 Å². The predicted molar refractivity (Wildman–Crippen MR) is 91.9 cm³/mol. The van der Waals surface area contributed by atoms with Crippen LogP contribution in [0.5, 0.6) is 0 Å². The number of benzene rings is 1. The quantitative estimate of drug-likeness (QED) is 0.726. The third kappa shape index (κ3) is 2.97. The third-order valence-electron chi connectivity index (χ3n) is 4.04. The summed E-state index contributed by atoms with van der Waals surface area (Å²) < 4.78 is 46.5.